The summed E-state index contributed by atoms with van der Waals surface area (Å²) in [5.74, 6) is 0. The number of halogens is 2. The first-order valence-electron chi connectivity index (χ1n) is 4.49. The zero-order valence-electron chi connectivity index (χ0n) is 8.11. The Kier molecular flexibility index (Phi) is 4.49. The van der Waals surface area contributed by atoms with Gasteiger partial charge in [0, 0.05) is 16.7 Å². The van der Waals surface area contributed by atoms with Gasteiger partial charge in [-0.1, -0.05) is 30.7 Å². The van der Waals surface area contributed by atoms with E-state index in [0.717, 1.165) is 28.1 Å². The molecule has 14 heavy (non-hydrogen) atoms. The van der Waals surface area contributed by atoms with Gasteiger partial charge in [0.05, 0.1) is 5.02 Å². The summed E-state index contributed by atoms with van der Waals surface area (Å²) in [6, 6.07) is 5.78. The standard InChI is InChI=1S/C11H13BrClN/c1-3-8(2)7-14-9-4-5-11(13)10(12)6-9/h4-6,14H,2-3,7H2,1H3. The number of anilines is 1. The highest BCUT2D eigenvalue weighted by Gasteiger charge is 1.98. The van der Waals surface area contributed by atoms with Crippen molar-refractivity contribution in [2.75, 3.05) is 11.9 Å². The van der Waals surface area contributed by atoms with Gasteiger partial charge in [0.15, 0.2) is 0 Å². The summed E-state index contributed by atoms with van der Waals surface area (Å²) < 4.78 is 0.909. The van der Waals surface area contributed by atoms with Gasteiger partial charge in [-0.05, 0) is 40.5 Å². The van der Waals surface area contributed by atoms with E-state index in [1.807, 2.05) is 18.2 Å². The topological polar surface area (TPSA) is 12.0 Å². The summed E-state index contributed by atoms with van der Waals surface area (Å²) in [6.07, 6.45) is 1.00. The highest BCUT2D eigenvalue weighted by atomic mass is 79.9. The number of rotatable bonds is 4. The highest BCUT2D eigenvalue weighted by Crippen LogP contribution is 2.25. The predicted molar refractivity (Wildman–Crippen MR) is 67.1 cm³/mol. The Morgan fingerprint density at radius 3 is 2.86 bits per heavy atom. The van der Waals surface area contributed by atoms with Crippen molar-refractivity contribution < 1.29 is 0 Å². The van der Waals surface area contributed by atoms with Gasteiger partial charge >= 0.3 is 0 Å². The SMILES string of the molecule is C=C(CC)CNc1ccc(Cl)c(Br)c1. The molecular formula is C11H13BrClN. The summed E-state index contributed by atoms with van der Waals surface area (Å²) in [4.78, 5) is 0. The second-order valence-electron chi connectivity index (χ2n) is 3.09. The van der Waals surface area contributed by atoms with E-state index in [0.29, 0.717) is 0 Å². The molecule has 1 aromatic carbocycles. The van der Waals surface area contributed by atoms with Gasteiger partial charge in [-0.2, -0.15) is 0 Å². The predicted octanol–water partition coefficient (Wildman–Crippen LogP) is 4.48. The van der Waals surface area contributed by atoms with Crippen molar-refractivity contribution in [2.24, 2.45) is 0 Å². The molecule has 0 aliphatic carbocycles. The van der Waals surface area contributed by atoms with Crippen molar-refractivity contribution in [3.8, 4) is 0 Å². The molecule has 0 spiro atoms. The van der Waals surface area contributed by atoms with E-state index in [4.69, 9.17) is 11.6 Å². The molecule has 1 rings (SSSR count). The van der Waals surface area contributed by atoms with Crippen molar-refractivity contribution in [2.45, 2.75) is 13.3 Å². The minimum absolute atomic E-state index is 0.727. The zero-order valence-corrected chi connectivity index (χ0v) is 10.5. The molecule has 0 saturated heterocycles. The first kappa shape index (κ1) is 11.6. The average Bonchev–Trinajstić information content (AvgIpc) is 2.19. The molecule has 0 aliphatic rings. The quantitative estimate of drug-likeness (QED) is 0.798. The van der Waals surface area contributed by atoms with Gasteiger partial charge in [0.2, 0.25) is 0 Å². The molecule has 0 aromatic heterocycles. The Morgan fingerprint density at radius 2 is 2.29 bits per heavy atom. The molecule has 1 aromatic rings. The molecule has 0 unspecified atom stereocenters. The third-order valence-corrected chi connectivity index (χ3v) is 3.18. The molecule has 1 nitrogen and oxygen atoms in total. The van der Waals surface area contributed by atoms with Crippen LogP contribution in [0.1, 0.15) is 13.3 Å². The van der Waals surface area contributed by atoms with Crippen LogP contribution in [0.25, 0.3) is 0 Å². The van der Waals surface area contributed by atoms with Crippen LogP contribution < -0.4 is 5.32 Å². The van der Waals surface area contributed by atoms with E-state index in [-0.39, 0.29) is 0 Å². The Hall–Kier alpha value is -0.470. The second-order valence-corrected chi connectivity index (χ2v) is 4.35. The number of hydrogen-bond acceptors (Lipinski definition) is 1. The van der Waals surface area contributed by atoms with Gasteiger partial charge in [-0.25, -0.2) is 0 Å². The fraction of sp³-hybridized carbons (Fsp3) is 0.273. The summed E-state index contributed by atoms with van der Waals surface area (Å²) in [6.45, 7) is 6.84. The molecule has 3 heteroatoms. The van der Waals surface area contributed by atoms with Crippen molar-refractivity contribution in [3.05, 3.63) is 39.8 Å². The molecule has 0 fully saturated rings. The molecule has 76 valence electrons. The Morgan fingerprint density at radius 1 is 1.57 bits per heavy atom. The number of nitrogens with one attached hydrogen (secondary N) is 1. The van der Waals surface area contributed by atoms with E-state index in [9.17, 15) is 0 Å². The van der Waals surface area contributed by atoms with Crippen LogP contribution in [0.5, 0.6) is 0 Å². The van der Waals surface area contributed by atoms with Crippen LogP contribution in [0.2, 0.25) is 5.02 Å². The molecule has 1 N–H and O–H groups in total. The van der Waals surface area contributed by atoms with Gasteiger partial charge in [0.1, 0.15) is 0 Å². The average molecular weight is 275 g/mol. The second kappa shape index (κ2) is 5.42. The van der Waals surface area contributed by atoms with E-state index in [1.165, 1.54) is 5.57 Å². The fourth-order valence-electron chi connectivity index (χ4n) is 0.958. The van der Waals surface area contributed by atoms with Gasteiger partial charge < -0.3 is 5.32 Å². The Balaban J connectivity index is 2.60. The van der Waals surface area contributed by atoms with Gasteiger partial charge in [0.25, 0.3) is 0 Å². The first-order valence-corrected chi connectivity index (χ1v) is 5.66. The van der Waals surface area contributed by atoms with Crippen LogP contribution in [0.3, 0.4) is 0 Å². The smallest absolute Gasteiger partial charge is 0.0549 e. The zero-order chi connectivity index (χ0) is 10.6. The monoisotopic (exact) mass is 273 g/mol. The summed E-state index contributed by atoms with van der Waals surface area (Å²) in [5.41, 5.74) is 2.24. The van der Waals surface area contributed by atoms with Crippen molar-refractivity contribution in [1.82, 2.24) is 0 Å². The van der Waals surface area contributed by atoms with E-state index in [2.05, 4.69) is 34.7 Å². The molecule has 0 radical (unpaired) electrons. The molecule has 0 bridgehead atoms. The van der Waals surface area contributed by atoms with Crippen LogP contribution in [-0.4, -0.2) is 6.54 Å². The van der Waals surface area contributed by atoms with Crippen LogP contribution >= 0.6 is 27.5 Å². The lowest BCUT2D eigenvalue weighted by Gasteiger charge is -2.08. The maximum Gasteiger partial charge on any atom is 0.0549 e. The van der Waals surface area contributed by atoms with Crippen LogP contribution in [-0.2, 0) is 0 Å². The number of hydrogen-bond donors (Lipinski definition) is 1. The highest BCUT2D eigenvalue weighted by molar-refractivity contribution is 9.10. The lowest BCUT2D eigenvalue weighted by molar-refractivity contribution is 1.05. The van der Waals surface area contributed by atoms with Crippen molar-refractivity contribution >= 4 is 33.2 Å². The third kappa shape index (κ3) is 3.35. The molecule has 0 amide bonds. The summed E-state index contributed by atoms with van der Waals surface area (Å²) in [7, 11) is 0. The lowest BCUT2D eigenvalue weighted by Crippen LogP contribution is -2.03. The van der Waals surface area contributed by atoms with Crippen LogP contribution in [0, 0.1) is 0 Å². The third-order valence-electron chi connectivity index (χ3n) is 1.96. The Labute approximate surface area is 98.3 Å². The number of benzene rings is 1. The normalized spacial score (nSPS) is 9.93. The lowest BCUT2D eigenvalue weighted by atomic mass is 10.2. The molecule has 0 aliphatic heterocycles. The van der Waals surface area contributed by atoms with Gasteiger partial charge in [-0.15, -0.1) is 0 Å². The van der Waals surface area contributed by atoms with E-state index >= 15 is 0 Å². The van der Waals surface area contributed by atoms with E-state index < -0.39 is 0 Å². The summed E-state index contributed by atoms with van der Waals surface area (Å²) >= 11 is 9.25. The van der Waals surface area contributed by atoms with Crippen LogP contribution in [0.15, 0.2) is 34.8 Å². The maximum absolute atomic E-state index is 5.88. The van der Waals surface area contributed by atoms with Crippen LogP contribution in [0.4, 0.5) is 5.69 Å². The first-order chi connectivity index (χ1) is 6.63. The van der Waals surface area contributed by atoms with E-state index in [1.54, 1.807) is 0 Å². The molecule has 0 saturated carbocycles. The van der Waals surface area contributed by atoms with Gasteiger partial charge in [-0.3, -0.25) is 0 Å². The summed E-state index contributed by atoms with van der Waals surface area (Å²) in [5, 5.41) is 4.00. The van der Waals surface area contributed by atoms with Crippen molar-refractivity contribution in [1.29, 1.82) is 0 Å². The minimum atomic E-state index is 0.727. The largest absolute Gasteiger partial charge is 0.381 e. The Bertz CT molecular complexity index is 336. The maximum atomic E-state index is 5.88. The minimum Gasteiger partial charge on any atom is -0.381 e. The molecule has 0 atom stereocenters. The van der Waals surface area contributed by atoms with Crippen molar-refractivity contribution in [3.63, 3.8) is 0 Å². The molecule has 0 heterocycles. The molecular weight excluding hydrogens is 261 g/mol. The fourth-order valence-corrected chi connectivity index (χ4v) is 1.45.